The van der Waals surface area contributed by atoms with Crippen molar-refractivity contribution in [2.24, 2.45) is 5.92 Å². The van der Waals surface area contributed by atoms with E-state index >= 15 is 0 Å². The van der Waals surface area contributed by atoms with E-state index in [1.165, 1.54) is 4.68 Å². The molecule has 3 unspecified atom stereocenters. The molecule has 1 fully saturated rings. The summed E-state index contributed by atoms with van der Waals surface area (Å²) in [6.07, 6.45) is 0.483. The number of aromatic nitrogens is 4. The van der Waals surface area contributed by atoms with Gasteiger partial charge in [0.2, 0.25) is 0 Å². The number of carboxylic acid groups (broad SMARTS) is 1. The molecule has 9 heteroatoms. The first-order valence-corrected chi connectivity index (χ1v) is 7.85. The zero-order valence-electron chi connectivity index (χ0n) is 10.7. The maximum Gasteiger partial charge on any atom is 0.308 e. The lowest BCUT2D eigenvalue weighted by Crippen LogP contribution is -2.25. The highest BCUT2D eigenvalue weighted by Gasteiger charge is 2.34. The summed E-state index contributed by atoms with van der Waals surface area (Å²) in [4.78, 5) is 11.0. The molecule has 0 aliphatic carbocycles. The first-order valence-electron chi connectivity index (χ1n) is 6.03. The number of hydrogen-bond acceptors (Lipinski definition) is 6. The van der Waals surface area contributed by atoms with Crippen molar-refractivity contribution in [2.45, 2.75) is 32.2 Å². The lowest BCUT2D eigenvalue weighted by atomic mass is 10.0. The zero-order valence-corrected chi connectivity index (χ0v) is 11.5. The van der Waals surface area contributed by atoms with Crippen LogP contribution in [0.2, 0.25) is 0 Å². The van der Waals surface area contributed by atoms with Gasteiger partial charge in [-0.2, -0.15) is 0 Å². The molecular weight excluding hydrogens is 272 g/mol. The molecule has 1 N–H and O–H groups in total. The Hall–Kier alpha value is -1.51. The highest BCUT2D eigenvalue weighted by molar-refractivity contribution is 7.91. The molecule has 0 aromatic carbocycles. The third-order valence-corrected chi connectivity index (χ3v) is 5.38. The number of tetrazole rings is 1. The number of carboxylic acids is 1. The zero-order chi connectivity index (χ0) is 14.2. The van der Waals surface area contributed by atoms with Crippen molar-refractivity contribution in [3.05, 3.63) is 5.82 Å². The summed E-state index contributed by atoms with van der Waals surface area (Å²) in [6, 6.07) is -0.425. The lowest BCUT2D eigenvalue weighted by Gasteiger charge is -2.18. The van der Waals surface area contributed by atoms with Crippen LogP contribution in [0.3, 0.4) is 0 Å². The van der Waals surface area contributed by atoms with Gasteiger partial charge in [-0.3, -0.25) is 4.79 Å². The number of rotatable bonds is 4. The average Bonchev–Trinajstić information content (AvgIpc) is 2.92. The van der Waals surface area contributed by atoms with Crippen LogP contribution < -0.4 is 0 Å². The Balaban J connectivity index is 2.26. The molecule has 1 aromatic rings. The van der Waals surface area contributed by atoms with Gasteiger partial charge in [0.25, 0.3) is 0 Å². The van der Waals surface area contributed by atoms with E-state index in [4.69, 9.17) is 5.11 Å². The molecule has 1 aromatic heterocycles. The third-order valence-electron chi connectivity index (χ3n) is 3.61. The molecule has 1 aliphatic heterocycles. The number of hydrogen-bond donors (Lipinski definition) is 1. The predicted molar refractivity (Wildman–Crippen MR) is 65.3 cm³/mol. The quantitative estimate of drug-likeness (QED) is 0.819. The van der Waals surface area contributed by atoms with Gasteiger partial charge in [0.15, 0.2) is 15.7 Å². The summed E-state index contributed by atoms with van der Waals surface area (Å²) in [5.74, 6) is -1.21. The molecule has 8 nitrogen and oxygen atoms in total. The van der Waals surface area contributed by atoms with E-state index in [-0.39, 0.29) is 17.4 Å². The van der Waals surface area contributed by atoms with E-state index in [2.05, 4.69) is 15.5 Å². The van der Waals surface area contributed by atoms with E-state index < -0.39 is 27.8 Å². The summed E-state index contributed by atoms with van der Waals surface area (Å²) in [7, 11) is -3.03. The minimum Gasteiger partial charge on any atom is -0.481 e. The normalized spacial score (nSPS) is 25.1. The monoisotopic (exact) mass is 288 g/mol. The van der Waals surface area contributed by atoms with E-state index in [9.17, 15) is 13.2 Å². The summed E-state index contributed by atoms with van der Waals surface area (Å²) < 4.78 is 24.4. The van der Waals surface area contributed by atoms with Crippen LogP contribution in [0, 0.1) is 5.92 Å². The van der Waals surface area contributed by atoms with Crippen molar-refractivity contribution in [1.82, 2.24) is 20.2 Å². The van der Waals surface area contributed by atoms with Crippen LogP contribution in [0.5, 0.6) is 0 Å². The first kappa shape index (κ1) is 13.9. The van der Waals surface area contributed by atoms with Gasteiger partial charge < -0.3 is 5.11 Å². The first-order chi connectivity index (χ1) is 8.82. The van der Waals surface area contributed by atoms with E-state index in [1.54, 1.807) is 13.8 Å². The topological polar surface area (TPSA) is 115 Å². The minimum atomic E-state index is -3.03. The van der Waals surface area contributed by atoms with Crippen molar-refractivity contribution >= 4 is 15.8 Å². The van der Waals surface area contributed by atoms with Crippen LogP contribution in [-0.4, -0.2) is 51.2 Å². The second kappa shape index (κ2) is 4.87. The standard InChI is InChI=1S/C10H16N4O4S/c1-6(10(15)16)7(2)14-9(11-12-13-14)8-3-4-19(17,18)5-8/h6-8H,3-5H2,1-2H3,(H,15,16). The number of carbonyl (C=O) groups is 1. The molecule has 0 amide bonds. The van der Waals surface area contributed by atoms with Crippen molar-refractivity contribution in [3.63, 3.8) is 0 Å². The van der Waals surface area contributed by atoms with Gasteiger partial charge in [-0.15, -0.1) is 5.10 Å². The van der Waals surface area contributed by atoms with Crippen LogP contribution in [0.15, 0.2) is 0 Å². The summed E-state index contributed by atoms with van der Waals surface area (Å²) in [6.45, 7) is 3.28. The molecule has 19 heavy (non-hydrogen) atoms. The van der Waals surface area contributed by atoms with Crippen LogP contribution in [-0.2, 0) is 14.6 Å². The largest absolute Gasteiger partial charge is 0.481 e. The fourth-order valence-electron chi connectivity index (χ4n) is 2.18. The Morgan fingerprint density at radius 2 is 2.16 bits per heavy atom. The van der Waals surface area contributed by atoms with Crippen LogP contribution in [0.1, 0.15) is 38.1 Å². The van der Waals surface area contributed by atoms with Gasteiger partial charge in [0, 0.05) is 5.92 Å². The molecule has 2 heterocycles. The molecule has 1 aliphatic rings. The van der Waals surface area contributed by atoms with Gasteiger partial charge in [-0.1, -0.05) is 0 Å². The number of nitrogens with zero attached hydrogens (tertiary/aromatic N) is 4. The molecule has 0 saturated carbocycles. The highest BCUT2D eigenvalue weighted by atomic mass is 32.2. The van der Waals surface area contributed by atoms with Crippen molar-refractivity contribution in [2.75, 3.05) is 11.5 Å². The van der Waals surface area contributed by atoms with Gasteiger partial charge in [0.1, 0.15) is 0 Å². The SMILES string of the molecule is CC(C(=O)O)C(C)n1nnnc1C1CCS(=O)(=O)C1. The highest BCUT2D eigenvalue weighted by Crippen LogP contribution is 2.29. The second-order valence-corrected chi connectivity index (χ2v) is 7.18. The molecule has 106 valence electrons. The van der Waals surface area contributed by atoms with Crippen LogP contribution in [0.25, 0.3) is 0 Å². The third kappa shape index (κ3) is 2.75. The maximum absolute atomic E-state index is 11.5. The van der Waals surface area contributed by atoms with Gasteiger partial charge in [-0.25, -0.2) is 13.1 Å². The van der Waals surface area contributed by atoms with Gasteiger partial charge >= 0.3 is 5.97 Å². The molecular formula is C10H16N4O4S. The van der Waals surface area contributed by atoms with Crippen molar-refractivity contribution in [1.29, 1.82) is 0 Å². The van der Waals surface area contributed by atoms with E-state index in [0.29, 0.717) is 12.2 Å². The van der Waals surface area contributed by atoms with E-state index in [1.807, 2.05) is 0 Å². The maximum atomic E-state index is 11.5. The Kier molecular flexibility index (Phi) is 3.57. The van der Waals surface area contributed by atoms with Crippen molar-refractivity contribution in [3.8, 4) is 0 Å². The lowest BCUT2D eigenvalue weighted by molar-refractivity contribution is -0.142. The average molecular weight is 288 g/mol. The van der Waals surface area contributed by atoms with Crippen molar-refractivity contribution < 1.29 is 18.3 Å². The number of aliphatic carboxylic acids is 1. The Bertz CT molecular complexity index is 582. The Morgan fingerprint density at radius 3 is 2.68 bits per heavy atom. The van der Waals surface area contributed by atoms with Crippen LogP contribution >= 0.6 is 0 Å². The number of sulfone groups is 1. The minimum absolute atomic E-state index is 0.0293. The fourth-order valence-corrected chi connectivity index (χ4v) is 3.92. The van der Waals surface area contributed by atoms with E-state index in [0.717, 1.165) is 0 Å². The molecule has 0 radical (unpaired) electrons. The summed E-state index contributed by atoms with van der Waals surface area (Å²) in [5, 5.41) is 20.2. The fraction of sp³-hybridized carbons (Fsp3) is 0.800. The second-order valence-electron chi connectivity index (χ2n) is 4.95. The molecule has 0 bridgehead atoms. The molecule has 1 saturated heterocycles. The van der Waals surface area contributed by atoms with Gasteiger partial charge in [0.05, 0.1) is 23.5 Å². The molecule has 0 spiro atoms. The molecule has 2 rings (SSSR count). The Morgan fingerprint density at radius 1 is 1.47 bits per heavy atom. The summed E-state index contributed by atoms with van der Waals surface area (Å²) >= 11 is 0. The molecule has 3 atom stereocenters. The predicted octanol–water partition coefficient (Wildman–Crippen LogP) is -0.143. The summed E-state index contributed by atoms with van der Waals surface area (Å²) in [5.41, 5.74) is 0. The smallest absolute Gasteiger partial charge is 0.308 e. The Labute approximate surface area is 110 Å². The van der Waals surface area contributed by atoms with Gasteiger partial charge in [-0.05, 0) is 30.7 Å². The van der Waals surface area contributed by atoms with Crippen LogP contribution in [0.4, 0.5) is 0 Å².